The Morgan fingerprint density at radius 2 is 2.24 bits per heavy atom. The Hall–Kier alpha value is -1.86. The number of nitriles is 1. The number of benzene rings is 1. The van der Waals surface area contributed by atoms with Gasteiger partial charge in [-0.25, -0.2) is 0 Å². The van der Waals surface area contributed by atoms with Gasteiger partial charge in [0.1, 0.15) is 12.2 Å². The number of anilines is 1. The number of carbonyl (C=O) groups excluding carboxylic acids is 1. The maximum Gasteiger partial charge on any atom is 0.253 e. The smallest absolute Gasteiger partial charge is 0.253 e. The first-order valence-corrected chi connectivity index (χ1v) is 5.60. The van der Waals surface area contributed by atoms with Crippen LogP contribution in [-0.2, 0) is 9.53 Å². The predicted octanol–water partition coefficient (Wildman–Crippen LogP) is 2.31. The van der Waals surface area contributed by atoms with Crippen molar-refractivity contribution in [3.8, 4) is 6.07 Å². The fraction of sp³-hybridized carbons (Fsp3) is 0.385. The minimum atomic E-state index is -0.512. The Morgan fingerprint density at radius 3 is 2.88 bits per heavy atom. The van der Waals surface area contributed by atoms with Crippen LogP contribution in [0.3, 0.4) is 0 Å². The van der Waals surface area contributed by atoms with Crippen molar-refractivity contribution >= 4 is 11.6 Å². The molecule has 4 heteroatoms. The Bertz CT molecular complexity index is 424. The molecule has 0 heterocycles. The summed E-state index contributed by atoms with van der Waals surface area (Å²) in [5.41, 5.74) is 0.968. The van der Waals surface area contributed by atoms with Crippen LogP contribution in [0.25, 0.3) is 0 Å². The number of rotatable bonds is 5. The number of ether oxygens (including phenoxy) is 1. The van der Waals surface area contributed by atoms with Crippen LogP contribution in [0.1, 0.15) is 25.8 Å². The minimum Gasteiger partial charge on any atom is -0.369 e. The summed E-state index contributed by atoms with van der Waals surface area (Å²) in [6.07, 6.45) is 0.355. The van der Waals surface area contributed by atoms with Crippen molar-refractivity contribution in [2.45, 2.75) is 26.4 Å². The number of hydrogen-bond donors (Lipinski definition) is 1. The van der Waals surface area contributed by atoms with E-state index in [1.54, 1.807) is 31.2 Å². The highest BCUT2D eigenvalue weighted by Gasteiger charge is 2.14. The Morgan fingerprint density at radius 1 is 1.53 bits per heavy atom. The molecule has 1 unspecified atom stereocenters. The first kappa shape index (κ1) is 13.2. The first-order valence-electron chi connectivity index (χ1n) is 5.60. The summed E-state index contributed by atoms with van der Waals surface area (Å²) in [5, 5.41) is 11.6. The molecule has 0 saturated heterocycles. The van der Waals surface area contributed by atoms with E-state index in [9.17, 15) is 4.79 Å². The second-order valence-electron chi connectivity index (χ2n) is 3.66. The summed E-state index contributed by atoms with van der Waals surface area (Å²) in [7, 11) is 0. The number of nitrogens with zero attached hydrogens (tertiary/aromatic N) is 1. The zero-order valence-corrected chi connectivity index (χ0v) is 10.1. The molecule has 0 saturated carbocycles. The lowest BCUT2D eigenvalue weighted by molar-refractivity contribution is -0.126. The topological polar surface area (TPSA) is 62.1 Å². The molecule has 1 amide bonds. The highest BCUT2D eigenvalue weighted by Crippen LogP contribution is 2.14. The zero-order valence-electron chi connectivity index (χ0n) is 10.1. The minimum absolute atomic E-state index is 0.235. The van der Waals surface area contributed by atoms with E-state index in [2.05, 4.69) is 5.32 Å². The molecule has 0 aliphatic carbocycles. The van der Waals surface area contributed by atoms with Crippen LogP contribution in [-0.4, -0.2) is 18.6 Å². The van der Waals surface area contributed by atoms with Crippen molar-refractivity contribution in [1.29, 1.82) is 5.26 Å². The number of amides is 1. The van der Waals surface area contributed by atoms with Crippen LogP contribution in [0.15, 0.2) is 24.3 Å². The van der Waals surface area contributed by atoms with Crippen molar-refractivity contribution in [2.75, 3.05) is 11.9 Å². The molecule has 17 heavy (non-hydrogen) atoms. The number of para-hydroxylation sites is 1. The molecule has 1 rings (SSSR count). The highest BCUT2D eigenvalue weighted by molar-refractivity contribution is 5.95. The molecule has 1 aromatic carbocycles. The lowest BCUT2D eigenvalue weighted by Crippen LogP contribution is -2.28. The number of hydrogen-bond acceptors (Lipinski definition) is 3. The Balaban J connectivity index is 2.65. The molecule has 0 aliphatic rings. The molecule has 0 fully saturated rings. The van der Waals surface area contributed by atoms with E-state index in [4.69, 9.17) is 10.00 Å². The third kappa shape index (κ3) is 3.89. The Kier molecular flexibility index (Phi) is 5.18. The average molecular weight is 232 g/mol. The van der Waals surface area contributed by atoms with Crippen LogP contribution in [0, 0.1) is 11.3 Å². The van der Waals surface area contributed by atoms with Gasteiger partial charge in [0, 0.05) is 6.61 Å². The van der Waals surface area contributed by atoms with E-state index in [1.807, 2.05) is 13.0 Å². The molecule has 0 radical (unpaired) electrons. The van der Waals surface area contributed by atoms with Crippen molar-refractivity contribution in [2.24, 2.45) is 0 Å². The van der Waals surface area contributed by atoms with Crippen molar-refractivity contribution in [3.05, 3.63) is 29.8 Å². The fourth-order valence-electron chi connectivity index (χ4n) is 1.29. The molecular weight excluding hydrogens is 216 g/mol. The van der Waals surface area contributed by atoms with E-state index >= 15 is 0 Å². The summed E-state index contributed by atoms with van der Waals surface area (Å²) < 4.78 is 5.30. The van der Waals surface area contributed by atoms with E-state index in [0.29, 0.717) is 17.9 Å². The second kappa shape index (κ2) is 6.66. The highest BCUT2D eigenvalue weighted by atomic mass is 16.5. The van der Waals surface area contributed by atoms with Crippen molar-refractivity contribution in [3.63, 3.8) is 0 Å². The normalized spacial score (nSPS) is 11.6. The molecule has 0 aliphatic heterocycles. The molecule has 90 valence electrons. The predicted molar refractivity (Wildman–Crippen MR) is 65.5 cm³/mol. The molecule has 4 nitrogen and oxygen atoms in total. The largest absolute Gasteiger partial charge is 0.369 e. The van der Waals surface area contributed by atoms with E-state index in [1.165, 1.54) is 0 Å². The molecule has 1 aromatic rings. The third-order valence-corrected chi connectivity index (χ3v) is 2.25. The van der Waals surface area contributed by atoms with Crippen LogP contribution in [0.5, 0.6) is 0 Å². The van der Waals surface area contributed by atoms with E-state index < -0.39 is 6.10 Å². The molecule has 0 aromatic heterocycles. The zero-order chi connectivity index (χ0) is 12.7. The third-order valence-electron chi connectivity index (χ3n) is 2.25. The monoisotopic (exact) mass is 232 g/mol. The van der Waals surface area contributed by atoms with Crippen LogP contribution in [0.2, 0.25) is 0 Å². The quantitative estimate of drug-likeness (QED) is 0.847. The fourth-order valence-corrected chi connectivity index (χ4v) is 1.29. The second-order valence-corrected chi connectivity index (χ2v) is 3.66. The number of carbonyl (C=O) groups is 1. The van der Waals surface area contributed by atoms with Gasteiger partial charge in [-0.05, 0) is 25.5 Å². The molecule has 0 bridgehead atoms. The van der Waals surface area contributed by atoms with Gasteiger partial charge in [-0.1, -0.05) is 19.1 Å². The lowest BCUT2D eigenvalue weighted by Gasteiger charge is -2.13. The van der Waals surface area contributed by atoms with Gasteiger partial charge in [0.15, 0.2) is 0 Å². The van der Waals surface area contributed by atoms with Gasteiger partial charge >= 0.3 is 0 Å². The van der Waals surface area contributed by atoms with Crippen molar-refractivity contribution in [1.82, 2.24) is 0 Å². The van der Waals surface area contributed by atoms with Gasteiger partial charge in [0.25, 0.3) is 5.91 Å². The van der Waals surface area contributed by atoms with Gasteiger partial charge in [-0.3, -0.25) is 4.79 Å². The number of nitrogens with one attached hydrogen (secondary N) is 1. The molecular formula is C13H16N2O2. The summed E-state index contributed by atoms with van der Waals surface area (Å²) in [6, 6.07) is 8.91. The first-order chi connectivity index (χ1) is 8.19. The SMILES string of the molecule is CCCOC(C)C(=O)Nc1ccccc1C#N. The van der Waals surface area contributed by atoms with Gasteiger partial charge < -0.3 is 10.1 Å². The lowest BCUT2D eigenvalue weighted by atomic mass is 10.2. The molecule has 0 spiro atoms. The van der Waals surface area contributed by atoms with E-state index in [0.717, 1.165) is 6.42 Å². The van der Waals surface area contributed by atoms with Crippen molar-refractivity contribution < 1.29 is 9.53 Å². The maximum absolute atomic E-state index is 11.7. The summed E-state index contributed by atoms with van der Waals surface area (Å²) in [4.78, 5) is 11.7. The van der Waals surface area contributed by atoms with Crippen LogP contribution < -0.4 is 5.32 Å². The van der Waals surface area contributed by atoms with E-state index in [-0.39, 0.29) is 5.91 Å². The summed E-state index contributed by atoms with van der Waals surface area (Å²) in [6.45, 7) is 4.23. The average Bonchev–Trinajstić information content (AvgIpc) is 2.36. The maximum atomic E-state index is 11.7. The van der Waals surface area contributed by atoms with Crippen LogP contribution >= 0.6 is 0 Å². The summed E-state index contributed by atoms with van der Waals surface area (Å²) >= 11 is 0. The van der Waals surface area contributed by atoms with Crippen LogP contribution in [0.4, 0.5) is 5.69 Å². The van der Waals surface area contributed by atoms with Gasteiger partial charge in [0.05, 0.1) is 11.3 Å². The Labute approximate surface area is 101 Å². The van der Waals surface area contributed by atoms with Gasteiger partial charge in [-0.2, -0.15) is 5.26 Å². The van der Waals surface area contributed by atoms with Gasteiger partial charge in [0.2, 0.25) is 0 Å². The molecule has 1 atom stereocenters. The van der Waals surface area contributed by atoms with Gasteiger partial charge in [-0.15, -0.1) is 0 Å². The summed E-state index contributed by atoms with van der Waals surface area (Å²) in [5.74, 6) is -0.235. The standard InChI is InChI=1S/C13H16N2O2/c1-3-8-17-10(2)13(16)15-12-7-5-4-6-11(12)9-14/h4-7,10H,3,8H2,1-2H3,(H,15,16). The molecule has 1 N–H and O–H groups in total.